The molecule has 2 aliphatic heterocycles. The highest BCUT2D eigenvalue weighted by molar-refractivity contribution is 5.27. The van der Waals surface area contributed by atoms with Gasteiger partial charge in [0, 0.05) is 43.6 Å². The maximum Gasteiger partial charge on any atom is 0.222 e. The Hall–Kier alpha value is -1.98. The van der Waals surface area contributed by atoms with E-state index in [0.29, 0.717) is 12.0 Å². The van der Waals surface area contributed by atoms with Gasteiger partial charge in [-0.15, -0.1) is 0 Å². The van der Waals surface area contributed by atoms with Crippen LogP contribution in [0.4, 0.5) is 5.95 Å². The summed E-state index contributed by atoms with van der Waals surface area (Å²) >= 11 is 0. The van der Waals surface area contributed by atoms with Gasteiger partial charge in [-0.25, -0.2) is 9.97 Å². The average Bonchev–Trinajstić information content (AvgIpc) is 3.23. The Labute approximate surface area is 162 Å². The van der Waals surface area contributed by atoms with Gasteiger partial charge in [0.25, 0.3) is 0 Å². The Morgan fingerprint density at radius 3 is 2.41 bits per heavy atom. The molecule has 0 bridgehead atoms. The predicted molar refractivity (Wildman–Crippen MR) is 110 cm³/mol. The molecule has 0 radical (unpaired) electrons. The van der Waals surface area contributed by atoms with E-state index in [2.05, 4.69) is 49.4 Å². The zero-order valence-electron chi connectivity index (χ0n) is 16.2. The van der Waals surface area contributed by atoms with E-state index in [9.17, 15) is 0 Å². The van der Waals surface area contributed by atoms with E-state index in [4.69, 9.17) is 0 Å². The number of anilines is 1. The number of hydrogen-bond acceptors (Lipinski definition) is 5. The van der Waals surface area contributed by atoms with Crippen molar-refractivity contribution in [2.45, 2.75) is 51.2 Å². The minimum atomic E-state index is 0.688. The molecule has 1 N–H and O–H groups in total. The Morgan fingerprint density at radius 2 is 1.63 bits per heavy atom. The Morgan fingerprint density at radius 1 is 0.889 bits per heavy atom. The molecule has 144 valence electrons. The molecule has 0 amide bonds. The lowest BCUT2D eigenvalue weighted by Crippen LogP contribution is -2.45. The molecule has 2 saturated heterocycles. The van der Waals surface area contributed by atoms with E-state index >= 15 is 0 Å². The standard InChI is InChI=1S/C22H31N5/c1-2-8-19(9-3-1)14-23-22-24-15-20(16-25-22)17-27-13-5-4-10-21(27)18-26-11-6-7-12-26/h1-3,8-9,15-16,21H,4-7,10-14,17-18H2,(H,23,24,25). The lowest BCUT2D eigenvalue weighted by Gasteiger charge is -2.37. The number of benzene rings is 1. The van der Waals surface area contributed by atoms with Crippen molar-refractivity contribution < 1.29 is 0 Å². The second-order valence-electron chi connectivity index (χ2n) is 7.88. The number of likely N-dealkylation sites (tertiary alicyclic amines) is 2. The maximum absolute atomic E-state index is 4.53. The maximum atomic E-state index is 4.53. The molecule has 3 heterocycles. The van der Waals surface area contributed by atoms with E-state index in [1.54, 1.807) is 0 Å². The van der Waals surface area contributed by atoms with Crippen molar-refractivity contribution in [3.05, 3.63) is 53.9 Å². The van der Waals surface area contributed by atoms with Crippen molar-refractivity contribution in [2.75, 3.05) is 31.5 Å². The molecule has 1 atom stereocenters. The lowest BCUT2D eigenvalue weighted by molar-refractivity contribution is 0.106. The number of rotatable bonds is 7. The van der Waals surface area contributed by atoms with Crippen molar-refractivity contribution in [2.24, 2.45) is 0 Å². The van der Waals surface area contributed by atoms with Gasteiger partial charge in [-0.1, -0.05) is 36.8 Å². The summed E-state index contributed by atoms with van der Waals surface area (Å²) in [6, 6.07) is 11.0. The van der Waals surface area contributed by atoms with E-state index in [1.807, 2.05) is 18.5 Å². The van der Waals surface area contributed by atoms with Crippen LogP contribution in [-0.2, 0) is 13.1 Å². The molecule has 5 nitrogen and oxygen atoms in total. The van der Waals surface area contributed by atoms with Gasteiger partial charge >= 0.3 is 0 Å². The van der Waals surface area contributed by atoms with Gasteiger partial charge in [0.1, 0.15) is 0 Å². The number of piperidine rings is 1. The van der Waals surface area contributed by atoms with Crippen LogP contribution in [0.15, 0.2) is 42.7 Å². The van der Waals surface area contributed by atoms with Crippen LogP contribution in [0.5, 0.6) is 0 Å². The van der Waals surface area contributed by atoms with Gasteiger partial charge < -0.3 is 10.2 Å². The molecule has 0 spiro atoms. The zero-order chi connectivity index (χ0) is 18.3. The molecule has 2 fully saturated rings. The number of hydrogen-bond donors (Lipinski definition) is 1. The predicted octanol–water partition coefficient (Wildman–Crippen LogP) is 3.54. The normalized spacial score (nSPS) is 21.4. The minimum Gasteiger partial charge on any atom is -0.350 e. The SMILES string of the molecule is c1ccc(CNc2ncc(CN3CCCCC3CN3CCCC3)cn2)cc1. The van der Waals surface area contributed by atoms with Crippen LogP contribution < -0.4 is 5.32 Å². The first-order valence-corrected chi connectivity index (χ1v) is 10.4. The lowest BCUT2D eigenvalue weighted by atomic mass is 10.0. The third kappa shape index (κ3) is 5.27. The molecular weight excluding hydrogens is 334 g/mol. The molecule has 5 heteroatoms. The topological polar surface area (TPSA) is 44.3 Å². The highest BCUT2D eigenvalue weighted by Gasteiger charge is 2.25. The summed E-state index contributed by atoms with van der Waals surface area (Å²) in [5, 5.41) is 3.31. The largest absolute Gasteiger partial charge is 0.350 e. The van der Waals surface area contributed by atoms with Gasteiger partial charge in [-0.3, -0.25) is 4.90 Å². The first kappa shape index (κ1) is 18.4. The van der Waals surface area contributed by atoms with Gasteiger partial charge in [-0.2, -0.15) is 0 Å². The van der Waals surface area contributed by atoms with Gasteiger partial charge in [0.05, 0.1) is 0 Å². The van der Waals surface area contributed by atoms with Gasteiger partial charge in [-0.05, 0) is 50.9 Å². The summed E-state index contributed by atoms with van der Waals surface area (Å²) in [6.07, 6.45) is 10.7. The first-order valence-electron chi connectivity index (χ1n) is 10.4. The molecular formula is C22H31N5. The summed E-state index contributed by atoms with van der Waals surface area (Å²) < 4.78 is 0. The van der Waals surface area contributed by atoms with E-state index in [-0.39, 0.29) is 0 Å². The number of aromatic nitrogens is 2. The third-order valence-corrected chi connectivity index (χ3v) is 5.80. The zero-order valence-corrected chi connectivity index (χ0v) is 16.2. The summed E-state index contributed by atoms with van der Waals surface area (Å²) in [4.78, 5) is 14.4. The molecule has 4 rings (SSSR count). The molecule has 2 aliphatic rings. The van der Waals surface area contributed by atoms with Crippen molar-refractivity contribution >= 4 is 5.95 Å². The highest BCUT2D eigenvalue weighted by Crippen LogP contribution is 2.22. The van der Waals surface area contributed by atoms with Gasteiger partial charge in [0.15, 0.2) is 0 Å². The Kier molecular flexibility index (Phi) is 6.32. The fourth-order valence-corrected chi connectivity index (χ4v) is 4.28. The van der Waals surface area contributed by atoms with Crippen LogP contribution in [0.3, 0.4) is 0 Å². The van der Waals surface area contributed by atoms with Crippen LogP contribution >= 0.6 is 0 Å². The van der Waals surface area contributed by atoms with Crippen LogP contribution in [-0.4, -0.2) is 52.0 Å². The average molecular weight is 366 g/mol. The molecule has 1 aromatic carbocycles. The third-order valence-electron chi connectivity index (χ3n) is 5.80. The van der Waals surface area contributed by atoms with Crippen molar-refractivity contribution in [1.82, 2.24) is 19.8 Å². The van der Waals surface area contributed by atoms with E-state index in [0.717, 1.165) is 13.1 Å². The van der Waals surface area contributed by atoms with Crippen LogP contribution in [0.25, 0.3) is 0 Å². The molecule has 1 aromatic heterocycles. The van der Waals surface area contributed by atoms with Crippen molar-refractivity contribution in [1.29, 1.82) is 0 Å². The first-order chi connectivity index (χ1) is 13.4. The molecule has 1 unspecified atom stereocenters. The summed E-state index contributed by atoms with van der Waals surface area (Å²) in [5.41, 5.74) is 2.46. The Balaban J connectivity index is 1.31. The molecule has 27 heavy (non-hydrogen) atoms. The van der Waals surface area contributed by atoms with E-state index < -0.39 is 0 Å². The fraction of sp³-hybridized carbons (Fsp3) is 0.545. The smallest absolute Gasteiger partial charge is 0.222 e. The molecule has 2 aromatic rings. The number of nitrogens with zero attached hydrogens (tertiary/aromatic N) is 4. The summed E-state index contributed by atoms with van der Waals surface area (Å²) in [6.45, 7) is 6.73. The van der Waals surface area contributed by atoms with Crippen LogP contribution in [0, 0.1) is 0 Å². The quantitative estimate of drug-likeness (QED) is 0.813. The Bertz CT molecular complexity index is 682. The monoisotopic (exact) mass is 365 g/mol. The highest BCUT2D eigenvalue weighted by atomic mass is 15.2. The van der Waals surface area contributed by atoms with E-state index in [1.165, 1.54) is 69.4 Å². The van der Waals surface area contributed by atoms with Crippen LogP contribution in [0.2, 0.25) is 0 Å². The minimum absolute atomic E-state index is 0.688. The summed E-state index contributed by atoms with van der Waals surface area (Å²) in [7, 11) is 0. The van der Waals surface area contributed by atoms with Crippen LogP contribution in [0.1, 0.15) is 43.2 Å². The fourth-order valence-electron chi connectivity index (χ4n) is 4.28. The van der Waals surface area contributed by atoms with Crippen molar-refractivity contribution in [3.8, 4) is 0 Å². The summed E-state index contributed by atoms with van der Waals surface area (Å²) in [5.74, 6) is 0.704. The second kappa shape index (κ2) is 9.29. The number of nitrogens with one attached hydrogen (secondary N) is 1. The molecule has 0 aliphatic carbocycles. The van der Waals surface area contributed by atoms with Gasteiger partial charge in [0.2, 0.25) is 5.95 Å². The second-order valence-corrected chi connectivity index (χ2v) is 7.88. The molecule has 0 saturated carbocycles. The van der Waals surface area contributed by atoms with Crippen molar-refractivity contribution in [3.63, 3.8) is 0 Å².